The van der Waals surface area contributed by atoms with Gasteiger partial charge in [-0.2, -0.15) is 0 Å². The summed E-state index contributed by atoms with van der Waals surface area (Å²) in [4.78, 5) is 0. The topological polar surface area (TPSA) is 21.3 Å². The van der Waals surface area contributed by atoms with Crippen LogP contribution in [0.25, 0.3) is 0 Å². The van der Waals surface area contributed by atoms with Gasteiger partial charge in [0.25, 0.3) is 0 Å². The van der Waals surface area contributed by atoms with Crippen molar-refractivity contribution in [1.82, 2.24) is 5.32 Å². The molecule has 15 heavy (non-hydrogen) atoms. The van der Waals surface area contributed by atoms with Crippen molar-refractivity contribution in [2.75, 3.05) is 13.2 Å². The Morgan fingerprint density at radius 3 is 3.13 bits per heavy atom. The Balaban J connectivity index is 1.75. The highest BCUT2D eigenvalue weighted by molar-refractivity contribution is 9.11. The van der Waals surface area contributed by atoms with Gasteiger partial charge in [0.1, 0.15) is 0 Å². The molecular weight excluding hydrogens is 274 g/mol. The molecule has 2 heterocycles. The average molecular weight is 290 g/mol. The normalized spacial score (nSPS) is 26.0. The van der Waals surface area contributed by atoms with Crippen molar-refractivity contribution >= 4 is 27.3 Å². The van der Waals surface area contributed by atoms with Gasteiger partial charge in [0.05, 0.1) is 9.39 Å². The molecule has 0 radical (unpaired) electrons. The molecule has 2 rings (SSSR count). The van der Waals surface area contributed by atoms with Crippen LogP contribution in [0.3, 0.4) is 0 Å². The summed E-state index contributed by atoms with van der Waals surface area (Å²) in [7, 11) is 0. The maximum atomic E-state index is 5.71. The Labute approximate surface area is 103 Å². The number of hydrogen-bond donors (Lipinski definition) is 1. The number of rotatable bonds is 4. The van der Waals surface area contributed by atoms with Crippen LogP contribution in [-0.4, -0.2) is 18.8 Å². The lowest BCUT2D eigenvalue weighted by molar-refractivity contribution is 0.0207. The highest BCUT2D eigenvalue weighted by Crippen LogP contribution is 2.24. The van der Waals surface area contributed by atoms with E-state index in [0.29, 0.717) is 0 Å². The molecule has 0 aromatic carbocycles. The maximum absolute atomic E-state index is 5.71. The van der Waals surface area contributed by atoms with Crippen molar-refractivity contribution in [2.24, 2.45) is 0 Å². The fourth-order valence-corrected chi connectivity index (χ4v) is 3.10. The first-order valence-corrected chi connectivity index (χ1v) is 6.93. The summed E-state index contributed by atoms with van der Waals surface area (Å²) in [6, 6.07) is 2.16. The van der Waals surface area contributed by atoms with Gasteiger partial charge in [-0.3, -0.25) is 0 Å². The van der Waals surface area contributed by atoms with Gasteiger partial charge in [0.15, 0.2) is 0 Å². The van der Waals surface area contributed by atoms with Gasteiger partial charge >= 0.3 is 0 Å². The Hall–Kier alpha value is 0.1000. The van der Waals surface area contributed by atoms with Gasteiger partial charge in [-0.05, 0) is 52.7 Å². The summed E-state index contributed by atoms with van der Waals surface area (Å²) in [6.07, 6.45) is 2.37. The van der Waals surface area contributed by atoms with Gasteiger partial charge in [-0.25, -0.2) is 0 Å². The summed E-state index contributed by atoms with van der Waals surface area (Å²) >= 11 is 5.20. The molecule has 1 aliphatic heterocycles. The number of nitrogens with one attached hydrogen (secondary N) is 1. The van der Waals surface area contributed by atoms with E-state index in [1.165, 1.54) is 22.2 Å². The average Bonchev–Trinajstić information content (AvgIpc) is 2.76. The largest absolute Gasteiger partial charge is 0.374 e. The van der Waals surface area contributed by atoms with E-state index in [0.717, 1.165) is 19.7 Å². The molecule has 1 aromatic heterocycles. The highest BCUT2D eigenvalue weighted by atomic mass is 79.9. The van der Waals surface area contributed by atoms with Crippen LogP contribution in [0.15, 0.2) is 15.2 Å². The summed E-state index contributed by atoms with van der Waals surface area (Å²) in [5, 5.41) is 5.63. The van der Waals surface area contributed by atoms with E-state index < -0.39 is 0 Å². The first kappa shape index (κ1) is 11.6. The van der Waals surface area contributed by atoms with Gasteiger partial charge in [0.2, 0.25) is 0 Å². The molecule has 4 heteroatoms. The predicted molar refractivity (Wildman–Crippen MR) is 67.3 cm³/mol. The highest BCUT2D eigenvalue weighted by Gasteiger charge is 2.28. The lowest BCUT2D eigenvalue weighted by Gasteiger charge is -2.23. The zero-order valence-corrected chi connectivity index (χ0v) is 11.3. The predicted octanol–water partition coefficient (Wildman–Crippen LogP) is 3.17. The monoisotopic (exact) mass is 289 g/mol. The third-order valence-corrected chi connectivity index (χ3v) is 4.30. The fraction of sp³-hybridized carbons (Fsp3) is 0.636. The zero-order valence-electron chi connectivity index (χ0n) is 8.88. The molecule has 0 spiro atoms. The number of ether oxygens (including phenoxy) is 1. The minimum atomic E-state index is 0.0628. The van der Waals surface area contributed by atoms with Crippen LogP contribution in [0.2, 0.25) is 0 Å². The third kappa shape index (κ3) is 3.28. The molecule has 1 atom stereocenters. The van der Waals surface area contributed by atoms with E-state index >= 15 is 0 Å². The van der Waals surface area contributed by atoms with E-state index in [1.807, 2.05) is 0 Å². The molecule has 84 valence electrons. The summed E-state index contributed by atoms with van der Waals surface area (Å²) in [6.45, 7) is 4.99. The summed E-state index contributed by atoms with van der Waals surface area (Å²) in [5.74, 6) is 0. The quantitative estimate of drug-likeness (QED) is 0.919. The molecule has 0 aliphatic carbocycles. The molecule has 1 aliphatic rings. The van der Waals surface area contributed by atoms with Crippen LogP contribution in [0.4, 0.5) is 0 Å². The minimum Gasteiger partial charge on any atom is -0.374 e. The Bertz CT molecular complexity index is 320. The molecule has 0 bridgehead atoms. The lowest BCUT2D eigenvalue weighted by Crippen LogP contribution is -2.36. The fourth-order valence-electron chi connectivity index (χ4n) is 1.89. The van der Waals surface area contributed by atoms with Gasteiger partial charge < -0.3 is 10.1 Å². The first-order chi connectivity index (χ1) is 7.18. The SMILES string of the molecule is CC1(CNCc2csc(Br)c2)CCCO1. The molecule has 1 saturated heterocycles. The van der Waals surface area contributed by atoms with Crippen LogP contribution in [0.1, 0.15) is 25.3 Å². The van der Waals surface area contributed by atoms with Crippen molar-refractivity contribution < 1.29 is 4.74 Å². The summed E-state index contributed by atoms with van der Waals surface area (Å²) < 4.78 is 6.91. The maximum Gasteiger partial charge on any atom is 0.0779 e. The summed E-state index contributed by atoms with van der Waals surface area (Å²) in [5.41, 5.74) is 1.40. The smallest absolute Gasteiger partial charge is 0.0779 e. The van der Waals surface area contributed by atoms with Gasteiger partial charge in [-0.1, -0.05) is 0 Å². The van der Waals surface area contributed by atoms with E-state index in [2.05, 4.69) is 39.6 Å². The minimum absolute atomic E-state index is 0.0628. The van der Waals surface area contributed by atoms with Crippen LogP contribution in [0, 0.1) is 0 Å². The lowest BCUT2D eigenvalue weighted by atomic mass is 10.0. The van der Waals surface area contributed by atoms with E-state index in [4.69, 9.17) is 4.74 Å². The first-order valence-electron chi connectivity index (χ1n) is 5.26. The van der Waals surface area contributed by atoms with Gasteiger partial charge in [0, 0.05) is 19.7 Å². The molecule has 1 unspecified atom stereocenters. The molecule has 1 fully saturated rings. The second kappa shape index (κ2) is 4.95. The third-order valence-electron chi connectivity index (χ3n) is 2.75. The number of halogens is 1. The van der Waals surface area contributed by atoms with Crippen molar-refractivity contribution in [3.05, 3.63) is 20.8 Å². The standard InChI is InChI=1S/C11H16BrNOS/c1-11(3-2-4-14-11)8-13-6-9-5-10(12)15-7-9/h5,7,13H,2-4,6,8H2,1H3. The van der Waals surface area contributed by atoms with Crippen molar-refractivity contribution in [3.63, 3.8) is 0 Å². The Morgan fingerprint density at radius 1 is 1.67 bits per heavy atom. The van der Waals surface area contributed by atoms with Crippen LogP contribution in [-0.2, 0) is 11.3 Å². The molecule has 2 nitrogen and oxygen atoms in total. The molecule has 0 saturated carbocycles. The number of hydrogen-bond acceptors (Lipinski definition) is 3. The van der Waals surface area contributed by atoms with Crippen LogP contribution >= 0.6 is 27.3 Å². The van der Waals surface area contributed by atoms with Crippen molar-refractivity contribution in [2.45, 2.75) is 31.9 Å². The Morgan fingerprint density at radius 2 is 2.53 bits per heavy atom. The van der Waals surface area contributed by atoms with Crippen LogP contribution in [0.5, 0.6) is 0 Å². The van der Waals surface area contributed by atoms with E-state index in [-0.39, 0.29) is 5.60 Å². The van der Waals surface area contributed by atoms with Gasteiger partial charge in [-0.15, -0.1) is 11.3 Å². The number of thiophene rings is 1. The second-order valence-corrected chi connectivity index (χ2v) is 6.56. The molecule has 0 amide bonds. The zero-order chi connectivity index (χ0) is 10.7. The molecule has 1 N–H and O–H groups in total. The Kier molecular flexibility index (Phi) is 3.83. The van der Waals surface area contributed by atoms with Crippen molar-refractivity contribution in [1.29, 1.82) is 0 Å². The molecular formula is C11H16BrNOS. The second-order valence-electron chi connectivity index (χ2n) is 4.26. The van der Waals surface area contributed by atoms with E-state index in [9.17, 15) is 0 Å². The van der Waals surface area contributed by atoms with Crippen LogP contribution < -0.4 is 5.32 Å². The van der Waals surface area contributed by atoms with E-state index in [1.54, 1.807) is 11.3 Å². The molecule has 1 aromatic rings. The van der Waals surface area contributed by atoms with Crippen molar-refractivity contribution in [3.8, 4) is 0 Å².